The molecule has 0 aromatic rings. The fraction of sp³-hybridized carbons (Fsp3) is 0.688. The van der Waals surface area contributed by atoms with Crippen molar-refractivity contribution in [1.29, 1.82) is 0 Å². The molecule has 0 N–H and O–H groups in total. The number of hydrogen-bond acceptors (Lipinski definition) is 3. The minimum Gasteiger partial charge on any atom is -0.302 e. The molecular weight excluding hydrogens is 240 g/mol. The van der Waals surface area contributed by atoms with E-state index in [1.165, 1.54) is 0 Å². The standard InChI is InChI=1S/C16H26O3/c1-6-14(18)13(10-9-12(4)5)15(19)16(7-2,8-3)11-17/h9,11,13H,6-8,10H2,1-5H3. The summed E-state index contributed by atoms with van der Waals surface area (Å²) in [4.78, 5) is 35.9. The summed E-state index contributed by atoms with van der Waals surface area (Å²) in [5.74, 6) is -0.961. The summed E-state index contributed by atoms with van der Waals surface area (Å²) < 4.78 is 0. The summed E-state index contributed by atoms with van der Waals surface area (Å²) in [5, 5.41) is 0. The van der Waals surface area contributed by atoms with E-state index in [-0.39, 0.29) is 11.6 Å². The molecule has 0 heterocycles. The van der Waals surface area contributed by atoms with Gasteiger partial charge in [-0.25, -0.2) is 0 Å². The second-order valence-corrected chi connectivity index (χ2v) is 5.23. The highest BCUT2D eigenvalue weighted by molar-refractivity contribution is 6.10. The molecular formula is C16H26O3. The zero-order valence-corrected chi connectivity index (χ0v) is 12.8. The minimum atomic E-state index is -0.995. The molecule has 0 aromatic carbocycles. The smallest absolute Gasteiger partial charge is 0.156 e. The Morgan fingerprint density at radius 2 is 1.63 bits per heavy atom. The van der Waals surface area contributed by atoms with Gasteiger partial charge in [-0.2, -0.15) is 0 Å². The van der Waals surface area contributed by atoms with E-state index in [9.17, 15) is 14.4 Å². The molecule has 0 saturated heterocycles. The van der Waals surface area contributed by atoms with E-state index in [1.807, 2.05) is 33.8 Å². The molecule has 0 radical (unpaired) electrons. The summed E-state index contributed by atoms with van der Waals surface area (Å²) >= 11 is 0. The molecule has 0 aliphatic rings. The fourth-order valence-corrected chi connectivity index (χ4v) is 2.15. The summed E-state index contributed by atoms with van der Waals surface area (Å²) in [5.41, 5.74) is 0.0803. The van der Waals surface area contributed by atoms with Crippen molar-refractivity contribution in [2.24, 2.45) is 11.3 Å². The number of aldehydes is 1. The average Bonchev–Trinajstić information content (AvgIpc) is 2.41. The van der Waals surface area contributed by atoms with Gasteiger partial charge in [-0.05, 0) is 33.1 Å². The van der Waals surface area contributed by atoms with Crippen LogP contribution in [0.15, 0.2) is 11.6 Å². The number of Topliss-reactive ketones (excluding diaryl/α,β-unsaturated/α-hetero) is 2. The molecule has 0 aliphatic carbocycles. The molecule has 1 unspecified atom stereocenters. The van der Waals surface area contributed by atoms with Crippen LogP contribution in [0.4, 0.5) is 0 Å². The van der Waals surface area contributed by atoms with E-state index >= 15 is 0 Å². The van der Waals surface area contributed by atoms with Gasteiger partial charge in [0.25, 0.3) is 0 Å². The van der Waals surface area contributed by atoms with Crippen molar-refractivity contribution in [2.75, 3.05) is 0 Å². The fourth-order valence-electron chi connectivity index (χ4n) is 2.15. The van der Waals surface area contributed by atoms with Crippen LogP contribution < -0.4 is 0 Å². The van der Waals surface area contributed by atoms with E-state index < -0.39 is 11.3 Å². The normalized spacial score (nSPS) is 12.7. The third-order valence-corrected chi connectivity index (χ3v) is 3.79. The number of ketones is 2. The highest BCUT2D eigenvalue weighted by Gasteiger charge is 2.40. The van der Waals surface area contributed by atoms with E-state index in [4.69, 9.17) is 0 Å². The third kappa shape index (κ3) is 4.41. The quantitative estimate of drug-likeness (QED) is 0.364. The molecule has 3 nitrogen and oxygen atoms in total. The molecule has 0 aliphatic heterocycles. The first-order valence-electron chi connectivity index (χ1n) is 7.05. The lowest BCUT2D eigenvalue weighted by Gasteiger charge is -2.27. The highest BCUT2D eigenvalue weighted by Crippen LogP contribution is 2.30. The van der Waals surface area contributed by atoms with Crippen LogP contribution in [0.2, 0.25) is 0 Å². The Labute approximate surface area is 116 Å². The predicted molar refractivity (Wildman–Crippen MR) is 76.9 cm³/mol. The molecule has 0 bridgehead atoms. The maximum absolute atomic E-state index is 12.6. The first kappa shape index (κ1) is 17.8. The Morgan fingerprint density at radius 1 is 1.11 bits per heavy atom. The van der Waals surface area contributed by atoms with Crippen molar-refractivity contribution < 1.29 is 14.4 Å². The van der Waals surface area contributed by atoms with Gasteiger partial charge in [0, 0.05) is 6.42 Å². The Balaban J connectivity index is 5.36. The lowest BCUT2D eigenvalue weighted by Crippen LogP contribution is -2.39. The topological polar surface area (TPSA) is 51.2 Å². The van der Waals surface area contributed by atoms with Crippen LogP contribution in [-0.4, -0.2) is 17.9 Å². The maximum atomic E-state index is 12.6. The molecule has 0 aromatic heterocycles. The lowest BCUT2D eigenvalue weighted by molar-refractivity contribution is -0.142. The van der Waals surface area contributed by atoms with Crippen LogP contribution in [0.3, 0.4) is 0 Å². The van der Waals surface area contributed by atoms with Crippen molar-refractivity contribution in [3.8, 4) is 0 Å². The molecule has 0 amide bonds. The van der Waals surface area contributed by atoms with E-state index in [1.54, 1.807) is 6.92 Å². The zero-order chi connectivity index (χ0) is 15.1. The zero-order valence-electron chi connectivity index (χ0n) is 12.8. The van der Waals surface area contributed by atoms with Gasteiger partial charge in [-0.1, -0.05) is 32.4 Å². The van der Waals surface area contributed by atoms with E-state index in [2.05, 4.69) is 0 Å². The largest absolute Gasteiger partial charge is 0.302 e. The van der Waals surface area contributed by atoms with Crippen LogP contribution in [0.5, 0.6) is 0 Å². The number of allylic oxidation sites excluding steroid dienone is 2. The van der Waals surface area contributed by atoms with Crippen LogP contribution in [0, 0.1) is 11.3 Å². The van der Waals surface area contributed by atoms with Crippen molar-refractivity contribution in [3.63, 3.8) is 0 Å². The summed E-state index contributed by atoms with van der Waals surface area (Å²) in [6.07, 6.45) is 4.27. The Kier molecular flexibility index (Phi) is 7.50. The summed E-state index contributed by atoms with van der Waals surface area (Å²) in [6, 6.07) is 0. The molecule has 19 heavy (non-hydrogen) atoms. The molecule has 3 heteroatoms. The van der Waals surface area contributed by atoms with Crippen LogP contribution >= 0.6 is 0 Å². The Morgan fingerprint density at radius 3 is 1.95 bits per heavy atom. The summed E-state index contributed by atoms with van der Waals surface area (Å²) in [7, 11) is 0. The molecule has 0 spiro atoms. The van der Waals surface area contributed by atoms with E-state index in [0.29, 0.717) is 25.7 Å². The van der Waals surface area contributed by atoms with Crippen molar-refractivity contribution >= 4 is 17.9 Å². The van der Waals surface area contributed by atoms with Gasteiger partial charge >= 0.3 is 0 Å². The van der Waals surface area contributed by atoms with Crippen molar-refractivity contribution in [3.05, 3.63) is 11.6 Å². The number of carbonyl (C=O) groups is 3. The SMILES string of the molecule is CCC(=O)C(CC=C(C)C)C(=O)C(C=O)(CC)CC. The average molecular weight is 266 g/mol. The molecule has 108 valence electrons. The van der Waals surface area contributed by atoms with Crippen molar-refractivity contribution in [1.82, 2.24) is 0 Å². The van der Waals surface area contributed by atoms with Gasteiger partial charge in [0.15, 0.2) is 5.78 Å². The first-order valence-corrected chi connectivity index (χ1v) is 7.05. The maximum Gasteiger partial charge on any atom is 0.156 e. The summed E-state index contributed by atoms with van der Waals surface area (Å²) in [6.45, 7) is 9.27. The number of hydrogen-bond donors (Lipinski definition) is 0. The van der Waals surface area contributed by atoms with Gasteiger partial charge < -0.3 is 4.79 Å². The van der Waals surface area contributed by atoms with Crippen molar-refractivity contribution in [2.45, 2.75) is 60.3 Å². The van der Waals surface area contributed by atoms with Crippen LogP contribution in [-0.2, 0) is 14.4 Å². The van der Waals surface area contributed by atoms with Crippen LogP contribution in [0.1, 0.15) is 60.3 Å². The van der Waals surface area contributed by atoms with Gasteiger partial charge in [0.1, 0.15) is 12.1 Å². The molecule has 0 fully saturated rings. The first-order chi connectivity index (χ1) is 8.88. The van der Waals surface area contributed by atoms with Gasteiger partial charge in [0.05, 0.1) is 11.3 Å². The second-order valence-electron chi connectivity index (χ2n) is 5.23. The van der Waals surface area contributed by atoms with E-state index in [0.717, 1.165) is 11.9 Å². The number of carbonyl (C=O) groups excluding carboxylic acids is 3. The van der Waals surface area contributed by atoms with Crippen LogP contribution in [0.25, 0.3) is 0 Å². The third-order valence-electron chi connectivity index (χ3n) is 3.79. The molecule has 0 rings (SSSR count). The Bertz CT molecular complexity index is 358. The molecule has 0 saturated carbocycles. The number of rotatable bonds is 9. The second kappa shape index (κ2) is 8.03. The predicted octanol–water partition coefficient (Wildman–Crippen LogP) is 3.51. The monoisotopic (exact) mass is 266 g/mol. The minimum absolute atomic E-state index is 0.0735. The van der Waals surface area contributed by atoms with Gasteiger partial charge in [-0.15, -0.1) is 0 Å². The Hall–Kier alpha value is -1.25. The highest BCUT2D eigenvalue weighted by atomic mass is 16.2. The lowest BCUT2D eigenvalue weighted by atomic mass is 9.72. The van der Waals surface area contributed by atoms with Gasteiger partial charge in [-0.3, -0.25) is 9.59 Å². The molecule has 1 atom stereocenters. The van der Waals surface area contributed by atoms with Gasteiger partial charge in [0.2, 0.25) is 0 Å².